The number of thiophene rings is 2. The molecule has 205 valence electrons. The van der Waals surface area contributed by atoms with Crippen LogP contribution in [0.4, 0.5) is 0 Å². The van der Waals surface area contributed by atoms with E-state index < -0.39 is 0 Å². The van der Waals surface area contributed by atoms with Crippen molar-refractivity contribution in [2.75, 3.05) is 0 Å². The second-order valence-electron chi connectivity index (χ2n) is 7.32. The Balaban J connectivity index is 0.000000516. The molecule has 0 aliphatic heterocycles. The first-order chi connectivity index (χ1) is 19.9. The molecule has 0 fully saturated rings. The summed E-state index contributed by atoms with van der Waals surface area (Å²) in [6.07, 6.45) is 3.55. The van der Waals surface area contributed by atoms with Crippen LogP contribution in [0.1, 0.15) is 16.6 Å². The van der Waals surface area contributed by atoms with Gasteiger partial charge in [0.25, 0.3) is 0 Å². The number of hydrogen-bond acceptors (Lipinski definition) is 9. The molecule has 0 saturated heterocycles. The summed E-state index contributed by atoms with van der Waals surface area (Å²) in [4.78, 5) is 29.6. The second kappa shape index (κ2) is 18.9. The Bertz CT molecular complexity index is 1580. The third-order valence-electron chi connectivity index (χ3n) is 4.80. The van der Waals surface area contributed by atoms with Crippen LogP contribution in [0.25, 0.3) is 53.8 Å². The van der Waals surface area contributed by atoms with E-state index in [4.69, 9.17) is 15.8 Å². The van der Waals surface area contributed by atoms with Crippen LogP contribution >= 0.6 is 59.3 Å². The van der Waals surface area contributed by atoms with E-state index in [1.54, 1.807) is 30.7 Å². The zero-order chi connectivity index (χ0) is 30.0. The molecule has 0 aliphatic rings. The zero-order valence-electron chi connectivity index (χ0n) is 21.1. The van der Waals surface area contributed by atoms with Gasteiger partial charge in [-0.25, -0.2) is 4.98 Å². The minimum Gasteiger partial charge on any atom is -0.753 e. The first-order valence-electron chi connectivity index (χ1n) is 11.2. The monoisotopic (exact) mass is 716 g/mol. The normalized spacial score (nSPS) is 9.10. The van der Waals surface area contributed by atoms with Crippen LogP contribution in [0.2, 0.25) is 0 Å². The molecule has 5 rings (SSSR count). The molecule has 13 heteroatoms. The van der Waals surface area contributed by atoms with E-state index in [-0.39, 0.29) is 5.78 Å². The van der Waals surface area contributed by atoms with Gasteiger partial charge in [-0.05, 0) is 73.2 Å². The van der Waals surface area contributed by atoms with E-state index in [0.717, 1.165) is 47.8 Å². The van der Waals surface area contributed by atoms with Gasteiger partial charge in [-0.3, -0.25) is 14.8 Å². The smallest absolute Gasteiger partial charge is 0.0548 e. The summed E-state index contributed by atoms with van der Waals surface area (Å²) in [5.74, 6) is 0.0992. The molecular weight excluding hydrogens is 698 g/mol. The molecule has 0 amide bonds. The Morgan fingerprint density at radius 1 is 0.829 bits per heavy atom. The van der Waals surface area contributed by atoms with Gasteiger partial charge in [-0.2, -0.15) is 10.3 Å². The Kier molecular flexibility index (Phi) is 15.6. The third-order valence-corrected chi connectivity index (χ3v) is 7.94. The van der Waals surface area contributed by atoms with Gasteiger partial charge in [0.05, 0.1) is 27.7 Å². The number of rotatable bonds is 6. The SMILES string of the molecule is CC(=O)c1ccc(-c2ccc(-c3cc(-c4ccccn4)nc(-c4ccccn4)c3)s2)s1.S=C[N]=[Ru+].[N-]=C=S.[N-]=C=S. The van der Waals surface area contributed by atoms with Crippen molar-refractivity contribution in [3.63, 3.8) is 0 Å². The Hall–Kier alpha value is -3.37. The Labute approximate surface area is 271 Å². The van der Waals surface area contributed by atoms with E-state index in [1.807, 2.05) is 66.6 Å². The summed E-state index contributed by atoms with van der Waals surface area (Å²) >= 11 is 16.9. The van der Waals surface area contributed by atoms with Crippen LogP contribution in [-0.2, 0) is 18.1 Å². The maximum absolute atomic E-state index is 11.7. The van der Waals surface area contributed by atoms with Crippen molar-refractivity contribution in [3.05, 3.63) is 101 Å². The third kappa shape index (κ3) is 10.9. The molecular formula is C28H18N6ORuS5-. The van der Waals surface area contributed by atoms with Gasteiger partial charge in [-0.1, -0.05) is 36.6 Å². The fourth-order valence-electron chi connectivity index (χ4n) is 3.25. The van der Waals surface area contributed by atoms with Crippen LogP contribution in [0.3, 0.4) is 0 Å². The first-order valence-corrected chi connectivity index (χ1v) is 14.9. The largest absolute Gasteiger partial charge is 0.753 e. The van der Waals surface area contributed by atoms with Gasteiger partial charge >= 0.3 is 39.5 Å². The number of ketones is 1. The van der Waals surface area contributed by atoms with Crippen molar-refractivity contribution in [2.24, 2.45) is 3.68 Å². The number of Topliss-reactive ketones (excluding diaryl/α,β-unsaturated/α-hetero) is 1. The van der Waals surface area contributed by atoms with Gasteiger partial charge < -0.3 is 10.8 Å². The molecule has 5 aromatic rings. The molecule has 0 N–H and O–H groups in total. The molecule has 0 atom stereocenters. The van der Waals surface area contributed by atoms with E-state index >= 15 is 0 Å². The number of thiocarbonyl (C=S) groups is 3. The summed E-state index contributed by atoms with van der Waals surface area (Å²) in [6.45, 7) is 1.60. The van der Waals surface area contributed by atoms with E-state index in [2.05, 4.69) is 74.6 Å². The van der Waals surface area contributed by atoms with Crippen LogP contribution in [0, 0.1) is 0 Å². The van der Waals surface area contributed by atoms with Crippen molar-refractivity contribution in [3.8, 4) is 43.0 Å². The van der Waals surface area contributed by atoms with Crippen molar-refractivity contribution < 1.29 is 22.9 Å². The maximum Gasteiger partial charge on any atom is -0.0548 e. The molecule has 0 bridgehead atoms. The van der Waals surface area contributed by atoms with Crippen LogP contribution < -0.4 is 0 Å². The van der Waals surface area contributed by atoms with Gasteiger partial charge in [0.1, 0.15) is 0 Å². The van der Waals surface area contributed by atoms with Crippen LogP contribution in [0.5, 0.6) is 0 Å². The first kappa shape index (κ1) is 33.8. The van der Waals surface area contributed by atoms with Gasteiger partial charge in [0.15, 0.2) is 5.78 Å². The fourth-order valence-corrected chi connectivity index (χ4v) is 5.23. The second-order valence-corrected chi connectivity index (χ2v) is 10.5. The molecule has 0 spiro atoms. The fraction of sp³-hybridized carbons (Fsp3) is 0.0357. The van der Waals surface area contributed by atoms with E-state index in [9.17, 15) is 4.79 Å². The molecule has 7 nitrogen and oxygen atoms in total. The summed E-state index contributed by atoms with van der Waals surface area (Å²) < 4.78 is 3.36. The minimum absolute atomic E-state index is 0.0992. The summed E-state index contributed by atoms with van der Waals surface area (Å²) in [5.41, 5.74) is 5.63. The van der Waals surface area contributed by atoms with Gasteiger partial charge in [0.2, 0.25) is 0 Å². The van der Waals surface area contributed by atoms with Crippen molar-refractivity contribution in [1.29, 1.82) is 0 Å². The van der Waals surface area contributed by atoms with Crippen molar-refractivity contribution >= 4 is 80.9 Å². The molecule has 0 saturated carbocycles. The standard InChI is InChI=1S/C25H17N3OS2.CHNS.2CNS.Ru/c1-16(29)22-8-10-24(30-22)25-11-9-23(31-25)17-14-20(18-6-2-4-12-26-18)28-21(15-17)19-7-3-5-13-27-19;3*2-1-3;/h2-15H,1H3;1H;;;/q;;2*-1;+1. The molecule has 5 heterocycles. The summed E-state index contributed by atoms with van der Waals surface area (Å²) in [6, 6.07) is 23.9. The molecule has 0 aromatic carbocycles. The topological polar surface area (TPSA) is 113 Å². The summed E-state index contributed by atoms with van der Waals surface area (Å²) in [5, 5.41) is 16.9. The number of pyridine rings is 3. The van der Waals surface area contributed by atoms with Gasteiger partial charge in [0, 0.05) is 27.0 Å². The van der Waals surface area contributed by atoms with Gasteiger partial charge in [-0.15, -0.1) is 22.7 Å². The average Bonchev–Trinajstić information content (AvgIpc) is 3.70. The minimum atomic E-state index is 0.0992. The number of isothiocyanates is 2. The Morgan fingerprint density at radius 2 is 1.29 bits per heavy atom. The number of carbonyl (C=O) groups is 1. The molecule has 5 aromatic heterocycles. The van der Waals surface area contributed by atoms with Crippen molar-refractivity contribution in [2.45, 2.75) is 6.92 Å². The number of nitrogens with zero attached hydrogens (tertiary/aromatic N) is 6. The van der Waals surface area contributed by atoms with Crippen LogP contribution in [-0.4, -0.2) is 36.5 Å². The number of carbonyl (C=O) groups excluding carboxylic acids is 1. The Morgan fingerprint density at radius 3 is 1.71 bits per heavy atom. The summed E-state index contributed by atoms with van der Waals surface area (Å²) in [7, 11) is 0. The average molecular weight is 716 g/mol. The molecule has 0 unspecified atom stereocenters. The predicted molar refractivity (Wildman–Crippen MR) is 175 cm³/mol. The maximum atomic E-state index is 11.7. The quantitative estimate of drug-likeness (QED) is 0.0747. The van der Waals surface area contributed by atoms with Crippen LogP contribution in [0.15, 0.2) is 88.9 Å². The molecule has 41 heavy (non-hydrogen) atoms. The number of aromatic nitrogens is 3. The zero-order valence-corrected chi connectivity index (χ0v) is 27.0. The predicted octanol–water partition coefficient (Wildman–Crippen LogP) is 8.86. The molecule has 0 radical (unpaired) electrons. The van der Waals surface area contributed by atoms with Crippen molar-refractivity contribution in [1.82, 2.24) is 15.0 Å². The number of hydrogen-bond donors (Lipinski definition) is 0. The van der Waals surface area contributed by atoms with E-state index in [1.165, 1.54) is 27.2 Å². The van der Waals surface area contributed by atoms with E-state index in [0.29, 0.717) is 0 Å². The molecule has 0 aliphatic carbocycles.